The van der Waals surface area contributed by atoms with Crippen molar-refractivity contribution in [2.75, 3.05) is 95.6 Å². The zero-order valence-electron chi connectivity index (χ0n) is 26.7. The second kappa shape index (κ2) is 12.0. The SMILES string of the molecule is COCCN1CCN(c2ccc(-c3cc(-c4ccc(N5CCC6(CC5)CN(C5COC5)C6)cc4)cc4c3ncn4C)cn2)CC1. The third-order valence-electron chi connectivity index (χ3n) is 10.8. The molecule has 2 aromatic carbocycles. The summed E-state index contributed by atoms with van der Waals surface area (Å²) in [4.78, 5) is 19.8. The van der Waals surface area contributed by atoms with E-state index in [1.165, 1.54) is 42.7 Å². The molecule has 6 heterocycles. The number of aryl methyl sites for hydroxylation is 1. The number of pyridine rings is 1. The number of piperazine rings is 1. The Balaban J connectivity index is 0.967. The summed E-state index contributed by atoms with van der Waals surface area (Å²) in [5.41, 5.74) is 8.67. The number of aromatic nitrogens is 3. The summed E-state index contributed by atoms with van der Waals surface area (Å²) in [5, 5.41) is 0. The van der Waals surface area contributed by atoms with E-state index in [1.54, 1.807) is 7.11 Å². The van der Waals surface area contributed by atoms with Gasteiger partial charge < -0.3 is 23.8 Å². The van der Waals surface area contributed by atoms with Crippen LogP contribution in [0.4, 0.5) is 11.5 Å². The summed E-state index contributed by atoms with van der Waals surface area (Å²) in [7, 11) is 3.84. The smallest absolute Gasteiger partial charge is 0.128 e. The first-order valence-corrected chi connectivity index (χ1v) is 16.6. The summed E-state index contributed by atoms with van der Waals surface area (Å²) in [6, 6.07) is 18.8. The molecule has 0 unspecified atom stereocenters. The molecule has 9 nitrogen and oxygen atoms in total. The van der Waals surface area contributed by atoms with Crippen molar-refractivity contribution in [2.45, 2.75) is 18.9 Å². The van der Waals surface area contributed by atoms with Crippen LogP contribution < -0.4 is 9.80 Å². The third-order valence-corrected chi connectivity index (χ3v) is 10.8. The van der Waals surface area contributed by atoms with Crippen molar-refractivity contribution in [1.82, 2.24) is 24.3 Å². The predicted molar refractivity (Wildman–Crippen MR) is 180 cm³/mol. The van der Waals surface area contributed by atoms with E-state index in [1.807, 2.05) is 12.5 Å². The minimum atomic E-state index is 0.535. The molecular weight excluding hydrogens is 562 g/mol. The Morgan fingerprint density at radius 2 is 1.60 bits per heavy atom. The number of benzene rings is 2. The molecule has 45 heavy (non-hydrogen) atoms. The van der Waals surface area contributed by atoms with Crippen molar-refractivity contribution < 1.29 is 9.47 Å². The number of nitrogens with zero attached hydrogens (tertiary/aromatic N) is 7. The predicted octanol–water partition coefficient (Wildman–Crippen LogP) is 4.37. The fourth-order valence-electron chi connectivity index (χ4n) is 7.70. The van der Waals surface area contributed by atoms with E-state index < -0.39 is 0 Å². The van der Waals surface area contributed by atoms with E-state index in [2.05, 4.69) is 79.7 Å². The molecule has 0 bridgehead atoms. The van der Waals surface area contributed by atoms with Crippen molar-refractivity contribution in [2.24, 2.45) is 12.5 Å². The van der Waals surface area contributed by atoms with Crippen molar-refractivity contribution in [3.8, 4) is 22.3 Å². The Labute approximate surface area is 266 Å². The third kappa shape index (κ3) is 5.60. The summed E-state index contributed by atoms with van der Waals surface area (Å²) >= 11 is 0. The van der Waals surface area contributed by atoms with Gasteiger partial charge in [0.1, 0.15) is 5.82 Å². The number of fused-ring (bicyclic) bond motifs is 1. The lowest BCUT2D eigenvalue weighted by Gasteiger charge is -2.58. The topological polar surface area (TPSA) is 62.1 Å². The summed E-state index contributed by atoms with van der Waals surface area (Å²) in [5.74, 6) is 1.04. The van der Waals surface area contributed by atoms with Gasteiger partial charge in [-0.1, -0.05) is 12.1 Å². The number of hydrogen-bond donors (Lipinski definition) is 0. The molecule has 0 saturated carbocycles. The highest BCUT2D eigenvalue weighted by Crippen LogP contribution is 2.43. The molecule has 9 heteroatoms. The maximum atomic E-state index is 5.41. The van der Waals surface area contributed by atoms with Crippen LogP contribution in [-0.2, 0) is 16.5 Å². The van der Waals surface area contributed by atoms with Crippen molar-refractivity contribution in [3.63, 3.8) is 0 Å². The second-order valence-electron chi connectivity index (χ2n) is 13.6. The Morgan fingerprint density at radius 1 is 0.844 bits per heavy atom. The van der Waals surface area contributed by atoms with Crippen LogP contribution in [0.25, 0.3) is 33.3 Å². The molecule has 0 radical (unpaired) electrons. The summed E-state index contributed by atoms with van der Waals surface area (Å²) in [6.07, 6.45) is 6.51. The fourth-order valence-corrected chi connectivity index (χ4v) is 7.70. The van der Waals surface area contributed by atoms with Gasteiger partial charge in [-0.25, -0.2) is 9.97 Å². The van der Waals surface area contributed by atoms with Crippen LogP contribution in [0.2, 0.25) is 0 Å². The van der Waals surface area contributed by atoms with Crippen molar-refractivity contribution in [3.05, 3.63) is 61.1 Å². The van der Waals surface area contributed by atoms with Gasteiger partial charge >= 0.3 is 0 Å². The lowest BCUT2D eigenvalue weighted by atomic mass is 9.71. The quantitative estimate of drug-likeness (QED) is 0.293. The number of likely N-dealkylation sites (tertiary alicyclic amines) is 1. The highest BCUT2D eigenvalue weighted by Gasteiger charge is 2.48. The highest BCUT2D eigenvalue weighted by molar-refractivity contribution is 5.96. The minimum Gasteiger partial charge on any atom is -0.383 e. The Morgan fingerprint density at radius 3 is 2.27 bits per heavy atom. The molecule has 4 saturated heterocycles. The molecule has 1 spiro atoms. The van der Waals surface area contributed by atoms with Crippen LogP contribution in [-0.4, -0.2) is 116 Å². The number of piperidine rings is 1. The van der Waals surface area contributed by atoms with Gasteiger partial charge in [-0.05, 0) is 65.8 Å². The van der Waals surface area contributed by atoms with E-state index in [-0.39, 0.29) is 0 Å². The molecule has 2 aromatic heterocycles. The van der Waals surface area contributed by atoms with Crippen LogP contribution in [0.3, 0.4) is 0 Å². The molecule has 4 aromatic rings. The van der Waals surface area contributed by atoms with Gasteiger partial charge in [0.25, 0.3) is 0 Å². The van der Waals surface area contributed by atoms with Crippen molar-refractivity contribution in [1.29, 1.82) is 0 Å². The zero-order valence-corrected chi connectivity index (χ0v) is 26.7. The van der Waals surface area contributed by atoms with Crippen molar-refractivity contribution >= 4 is 22.5 Å². The number of ether oxygens (including phenoxy) is 2. The first-order chi connectivity index (χ1) is 22.1. The Bertz CT molecular complexity index is 1610. The molecule has 8 rings (SSSR count). The molecule has 0 amide bonds. The maximum Gasteiger partial charge on any atom is 0.128 e. The van der Waals surface area contributed by atoms with Gasteiger partial charge in [-0.2, -0.15) is 0 Å². The first kappa shape index (κ1) is 28.9. The molecule has 0 aliphatic carbocycles. The largest absolute Gasteiger partial charge is 0.383 e. The normalized spacial score (nSPS) is 20.9. The second-order valence-corrected chi connectivity index (χ2v) is 13.6. The lowest BCUT2D eigenvalue weighted by Crippen LogP contribution is -2.66. The number of rotatable bonds is 8. The van der Waals surface area contributed by atoms with Crippen LogP contribution in [0, 0.1) is 5.41 Å². The summed E-state index contributed by atoms with van der Waals surface area (Å²) in [6.45, 7) is 12.5. The monoisotopic (exact) mass is 607 g/mol. The van der Waals surface area contributed by atoms with Gasteiger partial charge in [0.2, 0.25) is 0 Å². The zero-order chi connectivity index (χ0) is 30.4. The highest BCUT2D eigenvalue weighted by atomic mass is 16.5. The van der Waals surface area contributed by atoms with Gasteiger partial charge in [0.05, 0.1) is 43.2 Å². The van der Waals surface area contributed by atoms with Crippen LogP contribution in [0.5, 0.6) is 0 Å². The average Bonchev–Trinajstić information content (AvgIpc) is 3.43. The number of anilines is 2. The van der Waals surface area contributed by atoms with Gasteiger partial charge in [-0.15, -0.1) is 0 Å². The maximum absolute atomic E-state index is 5.41. The Kier molecular flexibility index (Phi) is 7.73. The van der Waals surface area contributed by atoms with E-state index in [4.69, 9.17) is 19.4 Å². The lowest BCUT2D eigenvalue weighted by molar-refractivity contribution is -0.136. The fraction of sp³-hybridized carbons (Fsp3) is 0.500. The van der Waals surface area contributed by atoms with Crippen LogP contribution in [0.1, 0.15) is 12.8 Å². The Hall–Kier alpha value is -3.50. The van der Waals surface area contributed by atoms with Crippen LogP contribution in [0.15, 0.2) is 61.1 Å². The molecule has 4 aliphatic rings. The molecular formula is C36H45N7O2. The molecule has 0 N–H and O–H groups in total. The van der Waals surface area contributed by atoms with Crippen LogP contribution >= 0.6 is 0 Å². The van der Waals surface area contributed by atoms with E-state index >= 15 is 0 Å². The molecule has 236 valence electrons. The first-order valence-electron chi connectivity index (χ1n) is 16.6. The van der Waals surface area contributed by atoms with E-state index in [0.717, 1.165) is 93.6 Å². The molecule has 0 atom stereocenters. The number of hydrogen-bond acceptors (Lipinski definition) is 8. The van der Waals surface area contributed by atoms with Gasteiger partial charge in [-0.3, -0.25) is 9.80 Å². The summed E-state index contributed by atoms with van der Waals surface area (Å²) < 4.78 is 12.8. The minimum absolute atomic E-state index is 0.535. The molecule has 4 fully saturated rings. The molecule has 4 aliphatic heterocycles. The van der Waals surface area contributed by atoms with Gasteiger partial charge in [0.15, 0.2) is 0 Å². The number of imidazole rings is 1. The van der Waals surface area contributed by atoms with E-state index in [0.29, 0.717) is 11.5 Å². The van der Waals surface area contributed by atoms with E-state index in [9.17, 15) is 0 Å². The standard InChI is InChI=1S/C36H45N7O2/c1-39-26-38-35-32(28-5-8-34(37-21-28)42-15-13-40(14-16-42)17-18-44-2)19-29(20-33(35)39)27-3-6-30(7-4-27)41-11-9-36(10-12-41)24-43(25-36)31-22-45-23-31/h3-8,19-21,26,31H,9-18,22-25H2,1-2H3. The number of methoxy groups -OCH3 is 1. The average molecular weight is 608 g/mol. The van der Waals surface area contributed by atoms with Gasteiger partial charge in [0, 0.05) is 96.1 Å².